The summed E-state index contributed by atoms with van der Waals surface area (Å²) in [5, 5.41) is 14.8. The Hall–Kier alpha value is -2.27. The van der Waals surface area contributed by atoms with Crippen molar-refractivity contribution >= 4 is 46.3 Å². The summed E-state index contributed by atoms with van der Waals surface area (Å²) in [6.07, 6.45) is 2.18. The van der Waals surface area contributed by atoms with Crippen molar-refractivity contribution in [2.75, 3.05) is 31.9 Å². The van der Waals surface area contributed by atoms with Gasteiger partial charge in [-0.05, 0) is 25.8 Å². The minimum absolute atomic E-state index is 0.124. The second-order valence-electron chi connectivity index (χ2n) is 7.52. The highest BCUT2D eigenvalue weighted by Gasteiger charge is 2.23. The van der Waals surface area contributed by atoms with Gasteiger partial charge in [0, 0.05) is 34.6 Å². The predicted octanol–water partition coefficient (Wildman–Crippen LogP) is 4.90. The molecule has 0 saturated carbocycles. The molecular weight excluding hydrogens is 484 g/mol. The molecule has 1 saturated heterocycles. The van der Waals surface area contributed by atoms with Crippen molar-refractivity contribution in [3.8, 4) is 22.9 Å². The number of ether oxygens (including phenoxy) is 3. The van der Waals surface area contributed by atoms with E-state index in [9.17, 15) is 4.79 Å². The number of anilines is 1. The summed E-state index contributed by atoms with van der Waals surface area (Å²) in [4.78, 5) is 13.9. The van der Waals surface area contributed by atoms with Crippen molar-refractivity contribution in [1.29, 1.82) is 0 Å². The molecule has 1 amide bonds. The van der Waals surface area contributed by atoms with Crippen LogP contribution in [0.2, 0.25) is 5.02 Å². The molecule has 4 rings (SSSR count). The average molecular weight is 509 g/mol. The van der Waals surface area contributed by atoms with Crippen LogP contribution in [0.1, 0.15) is 17.7 Å². The molecule has 0 spiro atoms. The van der Waals surface area contributed by atoms with E-state index >= 15 is 0 Å². The third kappa shape index (κ3) is 5.63. The molecule has 2 aromatic heterocycles. The first-order valence-electron chi connectivity index (χ1n) is 10.4. The quantitative estimate of drug-likeness (QED) is 0.411. The summed E-state index contributed by atoms with van der Waals surface area (Å²) in [5.41, 5.74) is 1.51. The highest BCUT2D eigenvalue weighted by molar-refractivity contribution is 7.99. The van der Waals surface area contributed by atoms with E-state index in [1.165, 1.54) is 30.9 Å². The van der Waals surface area contributed by atoms with E-state index in [2.05, 4.69) is 38.5 Å². The van der Waals surface area contributed by atoms with Gasteiger partial charge in [-0.15, -0.1) is 21.5 Å². The van der Waals surface area contributed by atoms with Gasteiger partial charge in [-0.2, -0.15) is 0 Å². The highest BCUT2D eigenvalue weighted by Crippen LogP contribution is 2.36. The van der Waals surface area contributed by atoms with Crippen LogP contribution in [0, 0.1) is 6.92 Å². The van der Waals surface area contributed by atoms with Crippen LogP contribution in [-0.4, -0.2) is 53.4 Å². The summed E-state index contributed by atoms with van der Waals surface area (Å²) < 4.78 is 18.5. The Kier molecular flexibility index (Phi) is 7.79. The zero-order valence-electron chi connectivity index (χ0n) is 18.6. The Morgan fingerprint density at radius 1 is 1.30 bits per heavy atom. The number of carbonyl (C=O) groups is 1. The Balaban J connectivity index is 1.50. The van der Waals surface area contributed by atoms with Crippen molar-refractivity contribution < 1.29 is 19.0 Å². The molecule has 1 atom stereocenters. The number of halogens is 1. The van der Waals surface area contributed by atoms with E-state index in [0.717, 1.165) is 30.8 Å². The van der Waals surface area contributed by atoms with Gasteiger partial charge in [0.1, 0.15) is 11.5 Å². The Morgan fingerprint density at radius 3 is 2.79 bits per heavy atom. The molecule has 1 N–H and O–H groups in total. The molecule has 0 aliphatic carbocycles. The van der Waals surface area contributed by atoms with Gasteiger partial charge in [0.15, 0.2) is 11.0 Å². The van der Waals surface area contributed by atoms with Gasteiger partial charge < -0.3 is 19.5 Å². The van der Waals surface area contributed by atoms with Crippen LogP contribution in [-0.2, 0) is 16.1 Å². The highest BCUT2D eigenvalue weighted by atomic mass is 35.5. The molecule has 0 radical (unpaired) electrons. The van der Waals surface area contributed by atoms with Crippen molar-refractivity contribution in [3.05, 3.63) is 33.5 Å². The number of hydrogen-bond donors (Lipinski definition) is 1. The van der Waals surface area contributed by atoms with Gasteiger partial charge in [0.05, 0.1) is 43.3 Å². The molecule has 1 aliphatic rings. The zero-order valence-corrected chi connectivity index (χ0v) is 21.0. The Morgan fingerprint density at radius 2 is 2.12 bits per heavy atom. The van der Waals surface area contributed by atoms with Crippen LogP contribution in [0.3, 0.4) is 0 Å². The number of methoxy groups -OCH3 is 2. The second kappa shape index (κ2) is 10.8. The monoisotopic (exact) mass is 508 g/mol. The van der Waals surface area contributed by atoms with Crippen LogP contribution in [0.5, 0.6) is 11.5 Å². The standard InChI is InChI=1S/C22H25ClN4O4S2/c1-13-7-14(11-32-13)21-25-26-22(27(21)10-15-5-4-6-31-15)33-12-20(28)24-17-9-18(29-2)16(23)8-19(17)30-3/h7-9,11,15H,4-6,10,12H2,1-3H3,(H,24,28). The van der Waals surface area contributed by atoms with Gasteiger partial charge in [0.25, 0.3) is 0 Å². The fraction of sp³-hybridized carbons (Fsp3) is 0.409. The number of nitrogens with zero attached hydrogens (tertiary/aromatic N) is 3. The smallest absolute Gasteiger partial charge is 0.234 e. The molecule has 0 bridgehead atoms. The number of amides is 1. The molecule has 3 heterocycles. The van der Waals surface area contributed by atoms with Gasteiger partial charge >= 0.3 is 0 Å². The lowest BCUT2D eigenvalue weighted by Crippen LogP contribution is -2.18. The minimum atomic E-state index is -0.206. The van der Waals surface area contributed by atoms with Crippen molar-refractivity contribution in [3.63, 3.8) is 0 Å². The topological polar surface area (TPSA) is 87.5 Å². The number of aryl methyl sites for hydroxylation is 1. The van der Waals surface area contributed by atoms with Crippen LogP contribution in [0.4, 0.5) is 5.69 Å². The van der Waals surface area contributed by atoms with E-state index in [-0.39, 0.29) is 17.8 Å². The van der Waals surface area contributed by atoms with Crippen molar-refractivity contribution in [1.82, 2.24) is 14.8 Å². The summed E-state index contributed by atoms with van der Waals surface area (Å²) in [5.74, 6) is 1.65. The summed E-state index contributed by atoms with van der Waals surface area (Å²) in [6, 6.07) is 5.35. The summed E-state index contributed by atoms with van der Waals surface area (Å²) >= 11 is 9.16. The first-order valence-corrected chi connectivity index (χ1v) is 12.7. The molecule has 11 heteroatoms. The number of rotatable bonds is 9. The molecule has 1 fully saturated rings. The molecule has 1 aliphatic heterocycles. The normalized spacial score (nSPS) is 15.6. The van der Waals surface area contributed by atoms with Crippen LogP contribution < -0.4 is 14.8 Å². The second-order valence-corrected chi connectivity index (χ2v) is 9.99. The van der Waals surface area contributed by atoms with Crippen molar-refractivity contribution in [2.45, 2.75) is 37.6 Å². The lowest BCUT2D eigenvalue weighted by atomic mass is 10.2. The number of thioether (sulfide) groups is 1. The zero-order chi connectivity index (χ0) is 23.4. The number of nitrogens with one attached hydrogen (secondary N) is 1. The minimum Gasteiger partial charge on any atom is -0.495 e. The molecule has 8 nitrogen and oxygen atoms in total. The van der Waals surface area contributed by atoms with E-state index in [1.807, 2.05) is 0 Å². The molecule has 1 unspecified atom stereocenters. The van der Waals surface area contributed by atoms with Crippen molar-refractivity contribution in [2.24, 2.45) is 0 Å². The molecule has 3 aromatic rings. The maximum absolute atomic E-state index is 12.7. The fourth-order valence-corrected chi connectivity index (χ4v) is 5.26. The SMILES string of the molecule is COc1cc(NC(=O)CSc2nnc(-c3csc(C)c3)n2CC2CCCO2)c(OC)cc1Cl. The van der Waals surface area contributed by atoms with Crippen LogP contribution in [0.15, 0.2) is 28.7 Å². The van der Waals surface area contributed by atoms with Gasteiger partial charge in [-0.1, -0.05) is 23.4 Å². The number of hydrogen-bond acceptors (Lipinski definition) is 8. The molecule has 33 heavy (non-hydrogen) atoms. The van der Waals surface area contributed by atoms with Crippen LogP contribution >= 0.6 is 34.7 Å². The molecular formula is C22H25ClN4O4S2. The maximum atomic E-state index is 12.7. The lowest BCUT2D eigenvalue weighted by Gasteiger charge is -2.15. The number of aromatic nitrogens is 3. The number of benzene rings is 1. The largest absolute Gasteiger partial charge is 0.495 e. The third-order valence-electron chi connectivity index (χ3n) is 5.20. The first-order chi connectivity index (χ1) is 16.0. The Labute approximate surface area is 205 Å². The lowest BCUT2D eigenvalue weighted by molar-refractivity contribution is -0.113. The van der Waals surface area contributed by atoms with E-state index in [1.54, 1.807) is 23.5 Å². The molecule has 176 valence electrons. The number of thiophene rings is 1. The summed E-state index contributed by atoms with van der Waals surface area (Å²) in [7, 11) is 3.03. The number of carbonyl (C=O) groups excluding carboxylic acids is 1. The van der Waals surface area contributed by atoms with Crippen LogP contribution in [0.25, 0.3) is 11.4 Å². The predicted molar refractivity (Wildman–Crippen MR) is 131 cm³/mol. The average Bonchev–Trinajstić information content (AvgIpc) is 3.55. The Bertz CT molecular complexity index is 1130. The van der Waals surface area contributed by atoms with Gasteiger partial charge in [-0.25, -0.2) is 0 Å². The van der Waals surface area contributed by atoms with Gasteiger partial charge in [-0.3, -0.25) is 9.36 Å². The van der Waals surface area contributed by atoms with E-state index < -0.39 is 0 Å². The maximum Gasteiger partial charge on any atom is 0.234 e. The fourth-order valence-electron chi connectivity index (χ4n) is 3.60. The first kappa shape index (κ1) is 23.9. The summed E-state index contributed by atoms with van der Waals surface area (Å²) in [6.45, 7) is 3.50. The molecule has 1 aromatic carbocycles. The van der Waals surface area contributed by atoms with E-state index in [0.29, 0.717) is 33.9 Å². The van der Waals surface area contributed by atoms with Gasteiger partial charge in [0.2, 0.25) is 5.91 Å². The van der Waals surface area contributed by atoms with E-state index in [4.69, 9.17) is 25.8 Å². The third-order valence-corrected chi connectivity index (χ3v) is 7.32.